The average molecular weight is 263 g/mol. The largest absolute Gasteiger partial charge is 0.391 e. The van der Waals surface area contributed by atoms with E-state index in [1.807, 2.05) is 0 Å². The van der Waals surface area contributed by atoms with Crippen LogP contribution in [0.25, 0.3) is 0 Å². The van der Waals surface area contributed by atoms with Gasteiger partial charge in [0.05, 0.1) is 5.92 Å². The first-order valence-electron chi connectivity index (χ1n) is 7.25. The fourth-order valence-corrected chi connectivity index (χ4v) is 3.56. The van der Waals surface area contributed by atoms with Gasteiger partial charge in [0, 0.05) is 5.54 Å². The molecule has 0 aromatic heterocycles. The quantitative estimate of drug-likeness (QED) is 0.802. The van der Waals surface area contributed by atoms with Gasteiger partial charge in [-0.25, -0.2) is 0 Å². The Morgan fingerprint density at radius 3 is 2.06 bits per heavy atom. The third-order valence-electron chi connectivity index (χ3n) is 4.97. The van der Waals surface area contributed by atoms with Gasteiger partial charge in [0.15, 0.2) is 0 Å². The van der Waals surface area contributed by atoms with Crippen LogP contribution in [-0.2, 0) is 0 Å². The molecular formula is C14H24F3N. The lowest BCUT2D eigenvalue weighted by Gasteiger charge is -2.38. The summed E-state index contributed by atoms with van der Waals surface area (Å²) in [5.41, 5.74) is 5.96. The van der Waals surface area contributed by atoms with Gasteiger partial charge in [-0.2, -0.15) is 13.2 Å². The van der Waals surface area contributed by atoms with Crippen molar-refractivity contribution in [2.24, 2.45) is 17.6 Å². The molecule has 106 valence electrons. The molecule has 18 heavy (non-hydrogen) atoms. The Bertz CT molecular complexity index is 261. The standard InChI is InChI=1S/C14H24F3N/c15-14(16,17)12-6-9-13(18,10-7-12)8-5-11-3-1-2-4-11/h11-12H,1-10,18H2. The highest BCUT2D eigenvalue weighted by Crippen LogP contribution is 2.42. The molecule has 0 saturated heterocycles. The van der Waals surface area contributed by atoms with Crippen molar-refractivity contribution in [1.82, 2.24) is 0 Å². The van der Waals surface area contributed by atoms with Crippen molar-refractivity contribution in [2.45, 2.75) is 75.9 Å². The normalized spacial score (nSPS) is 35.0. The minimum absolute atomic E-state index is 0.227. The molecule has 0 aromatic rings. The van der Waals surface area contributed by atoms with Crippen LogP contribution in [0, 0.1) is 11.8 Å². The molecular weight excluding hydrogens is 239 g/mol. The van der Waals surface area contributed by atoms with Crippen molar-refractivity contribution in [3.05, 3.63) is 0 Å². The van der Waals surface area contributed by atoms with Gasteiger partial charge in [-0.15, -0.1) is 0 Å². The van der Waals surface area contributed by atoms with Crippen LogP contribution in [0.1, 0.15) is 64.2 Å². The van der Waals surface area contributed by atoms with Gasteiger partial charge < -0.3 is 5.73 Å². The van der Waals surface area contributed by atoms with Crippen molar-refractivity contribution in [3.8, 4) is 0 Å². The summed E-state index contributed by atoms with van der Waals surface area (Å²) in [6.07, 6.45) is 4.78. The van der Waals surface area contributed by atoms with Crippen LogP contribution in [0.3, 0.4) is 0 Å². The molecule has 2 rings (SSSR count). The van der Waals surface area contributed by atoms with E-state index in [1.165, 1.54) is 25.7 Å². The van der Waals surface area contributed by atoms with Crippen LogP contribution in [0.5, 0.6) is 0 Å². The number of hydrogen-bond donors (Lipinski definition) is 1. The third-order valence-corrected chi connectivity index (χ3v) is 4.97. The van der Waals surface area contributed by atoms with E-state index in [0.717, 1.165) is 18.8 Å². The van der Waals surface area contributed by atoms with Crippen molar-refractivity contribution < 1.29 is 13.2 Å². The molecule has 0 aliphatic heterocycles. The Labute approximate surface area is 107 Å². The Hall–Kier alpha value is -0.250. The zero-order valence-electron chi connectivity index (χ0n) is 10.9. The van der Waals surface area contributed by atoms with Crippen molar-refractivity contribution in [1.29, 1.82) is 0 Å². The summed E-state index contributed by atoms with van der Waals surface area (Å²) in [6, 6.07) is 0. The van der Waals surface area contributed by atoms with Crippen molar-refractivity contribution >= 4 is 0 Å². The lowest BCUT2D eigenvalue weighted by Crippen LogP contribution is -2.45. The summed E-state index contributed by atoms with van der Waals surface area (Å²) >= 11 is 0. The number of hydrogen-bond acceptors (Lipinski definition) is 1. The lowest BCUT2D eigenvalue weighted by molar-refractivity contribution is -0.184. The third kappa shape index (κ3) is 3.62. The van der Waals surface area contributed by atoms with Crippen molar-refractivity contribution in [2.75, 3.05) is 0 Å². The van der Waals surface area contributed by atoms with E-state index in [1.54, 1.807) is 0 Å². The van der Waals surface area contributed by atoms with Gasteiger partial charge in [-0.1, -0.05) is 25.7 Å². The maximum Gasteiger partial charge on any atom is 0.391 e. The summed E-state index contributed by atoms with van der Waals surface area (Å²) in [4.78, 5) is 0. The predicted molar refractivity (Wildman–Crippen MR) is 66.1 cm³/mol. The summed E-state index contributed by atoms with van der Waals surface area (Å²) < 4.78 is 37.8. The van der Waals surface area contributed by atoms with E-state index in [9.17, 15) is 13.2 Å². The smallest absolute Gasteiger partial charge is 0.325 e. The van der Waals surface area contributed by atoms with E-state index >= 15 is 0 Å². The molecule has 0 radical (unpaired) electrons. The highest BCUT2D eigenvalue weighted by molar-refractivity contribution is 4.92. The van der Waals surface area contributed by atoms with E-state index in [-0.39, 0.29) is 18.4 Å². The summed E-state index contributed by atoms with van der Waals surface area (Å²) in [7, 11) is 0. The Morgan fingerprint density at radius 1 is 1.00 bits per heavy atom. The van der Waals surface area contributed by atoms with Crippen molar-refractivity contribution in [3.63, 3.8) is 0 Å². The van der Waals surface area contributed by atoms with Gasteiger partial charge in [0.25, 0.3) is 0 Å². The molecule has 0 aromatic carbocycles. The number of nitrogens with two attached hydrogens (primary N) is 1. The zero-order valence-corrected chi connectivity index (χ0v) is 10.9. The first-order chi connectivity index (χ1) is 8.39. The average Bonchev–Trinajstić information content (AvgIpc) is 2.79. The second kappa shape index (κ2) is 5.40. The molecule has 2 aliphatic carbocycles. The molecule has 0 spiro atoms. The van der Waals surface area contributed by atoms with Crippen LogP contribution in [0.4, 0.5) is 13.2 Å². The Kier molecular flexibility index (Phi) is 4.25. The molecule has 2 aliphatic rings. The van der Waals surface area contributed by atoms with E-state index in [0.29, 0.717) is 12.8 Å². The highest BCUT2D eigenvalue weighted by Gasteiger charge is 2.44. The molecule has 0 heterocycles. The van der Waals surface area contributed by atoms with Crippen LogP contribution >= 0.6 is 0 Å². The number of rotatable bonds is 3. The Balaban J connectivity index is 1.76. The molecule has 4 heteroatoms. The van der Waals surface area contributed by atoms with E-state index < -0.39 is 12.1 Å². The maximum absolute atomic E-state index is 12.6. The molecule has 0 bridgehead atoms. The molecule has 1 nitrogen and oxygen atoms in total. The zero-order chi connectivity index (χ0) is 13.2. The monoisotopic (exact) mass is 263 g/mol. The molecule has 0 amide bonds. The fraction of sp³-hybridized carbons (Fsp3) is 1.00. The SMILES string of the molecule is NC1(CCC2CCCC2)CCC(C(F)(F)F)CC1. The number of halogens is 3. The van der Waals surface area contributed by atoms with E-state index in [2.05, 4.69) is 0 Å². The maximum atomic E-state index is 12.6. The molecule has 2 fully saturated rings. The van der Waals surface area contributed by atoms with Crippen LogP contribution < -0.4 is 5.73 Å². The summed E-state index contributed by atoms with van der Waals surface area (Å²) in [5, 5.41) is 0. The minimum atomic E-state index is -4.02. The minimum Gasteiger partial charge on any atom is -0.325 e. The second-order valence-electron chi connectivity index (χ2n) is 6.37. The van der Waals surface area contributed by atoms with Gasteiger partial charge in [-0.05, 0) is 44.4 Å². The first kappa shape index (κ1) is 14.2. The summed E-state index contributed by atoms with van der Waals surface area (Å²) in [6.45, 7) is 0. The lowest BCUT2D eigenvalue weighted by atomic mass is 9.73. The van der Waals surface area contributed by atoms with Crippen LogP contribution in [-0.4, -0.2) is 11.7 Å². The topological polar surface area (TPSA) is 26.0 Å². The van der Waals surface area contributed by atoms with Gasteiger partial charge >= 0.3 is 6.18 Å². The first-order valence-corrected chi connectivity index (χ1v) is 7.25. The summed E-state index contributed by atoms with van der Waals surface area (Å²) in [5.74, 6) is -0.327. The van der Waals surface area contributed by atoms with Gasteiger partial charge in [-0.3, -0.25) is 0 Å². The van der Waals surface area contributed by atoms with Gasteiger partial charge in [0.2, 0.25) is 0 Å². The van der Waals surface area contributed by atoms with E-state index in [4.69, 9.17) is 5.73 Å². The highest BCUT2D eigenvalue weighted by atomic mass is 19.4. The number of alkyl halides is 3. The van der Waals surface area contributed by atoms with Crippen LogP contribution in [0.15, 0.2) is 0 Å². The molecule has 2 saturated carbocycles. The predicted octanol–water partition coefficient (Wildman–Crippen LogP) is 4.41. The Morgan fingerprint density at radius 2 is 1.56 bits per heavy atom. The second-order valence-corrected chi connectivity index (χ2v) is 6.37. The molecule has 0 unspecified atom stereocenters. The molecule has 2 N–H and O–H groups in total. The molecule has 0 atom stereocenters. The van der Waals surface area contributed by atoms with Crippen LogP contribution in [0.2, 0.25) is 0 Å². The van der Waals surface area contributed by atoms with Gasteiger partial charge in [0.1, 0.15) is 0 Å². The fourth-order valence-electron chi connectivity index (χ4n) is 3.56.